The van der Waals surface area contributed by atoms with Crippen LogP contribution in [0.5, 0.6) is 0 Å². The monoisotopic (exact) mass is 263 g/mol. The normalized spacial score (nSPS) is 15.4. The summed E-state index contributed by atoms with van der Waals surface area (Å²) in [4.78, 5) is 30.4. The Morgan fingerprint density at radius 2 is 1.95 bits per heavy atom. The van der Waals surface area contributed by atoms with Crippen molar-refractivity contribution in [3.63, 3.8) is 0 Å². The van der Waals surface area contributed by atoms with Crippen molar-refractivity contribution in [1.29, 1.82) is 0 Å². The second-order valence-electron chi connectivity index (χ2n) is 4.41. The molecule has 1 saturated heterocycles. The third-order valence-electron chi connectivity index (χ3n) is 3.21. The maximum absolute atomic E-state index is 11.6. The molecular formula is C13H17N3O3. The molecule has 0 saturated carbocycles. The number of aromatic carboxylic acids is 1. The lowest BCUT2D eigenvalue weighted by Gasteiger charge is -2.35. The van der Waals surface area contributed by atoms with Crippen LogP contribution < -0.4 is 4.90 Å². The molecule has 102 valence electrons. The predicted octanol–water partition coefficient (Wildman–Crippen LogP) is 0.838. The molecule has 1 aliphatic rings. The molecule has 2 heterocycles. The molecule has 1 amide bonds. The molecule has 0 atom stereocenters. The highest BCUT2D eigenvalue weighted by molar-refractivity contribution is 5.85. The van der Waals surface area contributed by atoms with Crippen molar-refractivity contribution in [2.45, 2.75) is 13.3 Å². The van der Waals surface area contributed by atoms with E-state index in [-0.39, 0.29) is 11.6 Å². The van der Waals surface area contributed by atoms with Gasteiger partial charge in [0.2, 0.25) is 5.91 Å². The third-order valence-corrected chi connectivity index (χ3v) is 3.21. The van der Waals surface area contributed by atoms with E-state index in [2.05, 4.69) is 4.98 Å². The highest BCUT2D eigenvalue weighted by atomic mass is 16.4. The number of carbonyl (C=O) groups is 2. The lowest BCUT2D eigenvalue weighted by Crippen LogP contribution is -2.48. The zero-order valence-corrected chi connectivity index (χ0v) is 10.9. The number of pyridine rings is 1. The van der Waals surface area contributed by atoms with Gasteiger partial charge in [-0.25, -0.2) is 9.78 Å². The van der Waals surface area contributed by atoms with Crippen LogP contribution in [0.4, 0.5) is 5.82 Å². The van der Waals surface area contributed by atoms with Crippen LogP contribution in [0.3, 0.4) is 0 Å². The van der Waals surface area contributed by atoms with E-state index in [1.165, 1.54) is 6.07 Å². The Balaban J connectivity index is 2.03. The summed E-state index contributed by atoms with van der Waals surface area (Å²) < 4.78 is 0. The van der Waals surface area contributed by atoms with Gasteiger partial charge in [0, 0.05) is 32.6 Å². The Bertz CT molecular complexity index is 482. The Morgan fingerprint density at radius 3 is 2.53 bits per heavy atom. The van der Waals surface area contributed by atoms with Crippen molar-refractivity contribution in [1.82, 2.24) is 9.88 Å². The molecule has 0 aromatic carbocycles. The molecule has 0 unspecified atom stereocenters. The van der Waals surface area contributed by atoms with Gasteiger partial charge in [0.25, 0.3) is 0 Å². The fourth-order valence-electron chi connectivity index (χ4n) is 2.13. The lowest BCUT2D eigenvalue weighted by atomic mass is 10.2. The van der Waals surface area contributed by atoms with Crippen molar-refractivity contribution >= 4 is 17.7 Å². The maximum Gasteiger partial charge on any atom is 0.354 e. The minimum atomic E-state index is -1.03. The molecule has 6 heteroatoms. The van der Waals surface area contributed by atoms with Gasteiger partial charge in [-0.3, -0.25) is 4.79 Å². The molecule has 1 aromatic heterocycles. The standard InChI is InChI=1S/C13H17N3O3/c1-2-12(17)16-8-6-15(7-9-16)11-5-3-4-10(14-11)13(18)19/h3-5H,2,6-9H2,1H3,(H,18,19). The van der Waals surface area contributed by atoms with Crippen LogP contribution in [0.25, 0.3) is 0 Å². The summed E-state index contributed by atoms with van der Waals surface area (Å²) in [7, 11) is 0. The van der Waals surface area contributed by atoms with Gasteiger partial charge in [-0.1, -0.05) is 13.0 Å². The van der Waals surface area contributed by atoms with Gasteiger partial charge in [-0.05, 0) is 12.1 Å². The zero-order chi connectivity index (χ0) is 13.8. The van der Waals surface area contributed by atoms with Crippen LogP contribution in [0.1, 0.15) is 23.8 Å². The number of carboxylic acids is 1. The van der Waals surface area contributed by atoms with Gasteiger partial charge in [0.1, 0.15) is 5.82 Å². The molecular weight excluding hydrogens is 246 g/mol. The van der Waals surface area contributed by atoms with Crippen LogP contribution in [-0.4, -0.2) is 53.0 Å². The van der Waals surface area contributed by atoms with Gasteiger partial charge in [-0.2, -0.15) is 0 Å². The third kappa shape index (κ3) is 3.01. The van der Waals surface area contributed by atoms with Gasteiger partial charge in [-0.15, -0.1) is 0 Å². The summed E-state index contributed by atoms with van der Waals surface area (Å²) >= 11 is 0. The molecule has 1 fully saturated rings. The minimum Gasteiger partial charge on any atom is -0.477 e. The number of hydrogen-bond donors (Lipinski definition) is 1. The summed E-state index contributed by atoms with van der Waals surface area (Å²) in [6.45, 7) is 4.54. The Hall–Kier alpha value is -2.11. The fraction of sp³-hybridized carbons (Fsp3) is 0.462. The summed E-state index contributed by atoms with van der Waals surface area (Å²) in [5.74, 6) is -0.211. The van der Waals surface area contributed by atoms with Gasteiger partial charge >= 0.3 is 5.97 Å². The summed E-state index contributed by atoms with van der Waals surface area (Å²) in [5.41, 5.74) is 0.0459. The maximum atomic E-state index is 11.6. The smallest absolute Gasteiger partial charge is 0.354 e. The largest absolute Gasteiger partial charge is 0.477 e. The van der Waals surface area contributed by atoms with Crippen LogP contribution >= 0.6 is 0 Å². The molecule has 19 heavy (non-hydrogen) atoms. The lowest BCUT2D eigenvalue weighted by molar-refractivity contribution is -0.131. The molecule has 1 N–H and O–H groups in total. The van der Waals surface area contributed by atoms with Gasteiger partial charge in [0.15, 0.2) is 5.69 Å². The van der Waals surface area contributed by atoms with E-state index in [4.69, 9.17) is 5.11 Å². The molecule has 0 aliphatic carbocycles. The van der Waals surface area contributed by atoms with Crippen molar-refractivity contribution in [3.8, 4) is 0 Å². The van der Waals surface area contributed by atoms with Crippen molar-refractivity contribution in [3.05, 3.63) is 23.9 Å². The fourth-order valence-corrected chi connectivity index (χ4v) is 2.13. The number of carbonyl (C=O) groups excluding carboxylic acids is 1. The number of hydrogen-bond acceptors (Lipinski definition) is 4. The van der Waals surface area contributed by atoms with Crippen molar-refractivity contribution in [2.75, 3.05) is 31.1 Å². The molecule has 0 bridgehead atoms. The number of piperazine rings is 1. The number of carboxylic acid groups (broad SMARTS) is 1. The van der Waals surface area contributed by atoms with Crippen LogP contribution in [0, 0.1) is 0 Å². The average Bonchev–Trinajstić information content (AvgIpc) is 2.46. The quantitative estimate of drug-likeness (QED) is 0.874. The second-order valence-corrected chi connectivity index (χ2v) is 4.41. The molecule has 0 spiro atoms. The first kappa shape index (κ1) is 13.3. The number of rotatable bonds is 3. The highest BCUT2D eigenvalue weighted by Gasteiger charge is 2.21. The van der Waals surface area contributed by atoms with E-state index >= 15 is 0 Å². The average molecular weight is 263 g/mol. The first-order valence-corrected chi connectivity index (χ1v) is 6.35. The molecule has 6 nitrogen and oxygen atoms in total. The molecule has 0 radical (unpaired) electrons. The van der Waals surface area contributed by atoms with E-state index < -0.39 is 5.97 Å². The Kier molecular flexibility index (Phi) is 3.99. The topological polar surface area (TPSA) is 73.7 Å². The molecule has 1 aromatic rings. The zero-order valence-electron chi connectivity index (χ0n) is 10.9. The highest BCUT2D eigenvalue weighted by Crippen LogP contribution is 2.14. The molecule has 2 rings (SSSR count). The molecule has 1 aliphatic heterocycles. The number of nitrogens with zero attached hydrogens (tertiary/aromatic N) is 3. The predicted molar refractivity (Wildman–Crippen MR) is 70.3 cm³/mol. The Labute approximate surface area is 111 Å². The van der Waals surface area contributed by atoms with Gasteiger partial charge < -0.3 is 14.9 Å². The van der Waals surface area contributed by atoms with Crippen LogP contribution in [0.15, 0.2) is 18.2 Å². The SMILES string of the molecule is CCC(=O)N1CCN(c2cccc(C(=O)O)n2)CC1. The minimum absolute atomic E-state index is 0.0459. The summed E-state index contributed by atoms with van der Waals surface area (Å²) in [5, 5.41) is 8.92. The van der Waals surface area contributed by atoms with E-state index in [1.807, 2.05) is 16.7 Å². The van der Waals surface area contributed by atoms with E-state index in [0.29, 0.717) is 38.4 Å². The van der Waals surface area contributed by atoms with E-state index in [9.17, 15) is 9.59 Å². The van der Waals surface area contributed by atoms with E-state index in [1.54, 1.807) is 12.1 Å². The van der Waals surface area contributed by atoms with E-state index in [0.717, 1.165) is 0 Å². The number of anilines is 1. The second kappa shape index (κ2) is 5.69. The first-order chi connectivity index (χ1) is 9.11. The van der Waals surface area contributed by atoms with Crippen molar-refractivity contribution < 1.29 is 14.7 Å². The van der Waals surface area contributed by atoms with Crippen molar-refractivity contribution in [2.24, 2.45) is 0 Å². The van der Waals surface area contributed by atoms with Gasteiger partial charge in [0.05, 0.1) is 0 Å². The Morgan fingerprint density at radius 1 is 1.26 bits per heavy atom. The summed E-state index contributed by atoms with van der Waals surface area (Å²) in [6, 6.07) is 4.96. The summed E-state index contributed by atoms with van der Waals surface area (Å²) in [6.07, 6.45) is 0.521. The number of aromatic nitrogens is 1. The van der Waals surface area contributed by atoms with Crippen LogP contribution in [-0.2, 0) is 4.79 Å². The first-order valence-electron chi connectivity index (χ1n) is 6.35. The number of amides is 1. The van der Waals surface area contributed by atoms with Crippen LogP contribution in [0.2, 0.25) is 0 Å².